The zero-order chi connectivity index (χ0) is 23.4. The summed E-state index contributed by atoms with van der Waals surface area (Å²) in [5, 5.41) is 0. The molecule has 0 saturated heterocycles. The van der Waals surface area contributed by atoms with Crippen molar-refractivity contribution < 1.29 is 14.2 Å². The third-order valence-electron chi connectivity index (χ3n) is 6.17. The van der Waals surface area contributed by atoms with E-state index in [2.05, 4.69) is 28.2 Å². The summed E-state index contributed by atoms with van der Waals surface area (Å²) in [5.41, 5.74) is 7.52. The molecule has 0 spiro atoms. The average Bonchev–Trinajstić information content (AvgIpc) is 2.73. The Balaban J connectivity index is 1.74. The van der Waals surface area contributed by atoms with Crippen molar-refractivity contribution in [2.45, 2.75) is 59.0 Å². The number of nitrogen functional groups attached to an aromatic ring is 1. The minimum atomic E-state index is -2.94. The molecular weight excluding hydrogens is 423 g/mol. The monoisotopic (exact) mass is 458 g/mol. The molecule has 1 unspecified atom stereocenters. The summed E-state index contributed by atoms with van der Waals surface area (Å²) < 4.78 is 18.1. The second-order valence-electron chi connectivity index (χ2n) is 9.12. The molecule has 8 heteroatoms. The van der Waals surface area contributed by atoms with Crippen LogP contribution >= 0.6 is 7.37 Å². The van der Waals surface area contributed by atoms with Crippen LogP contribution in [0, 0.1) is 11.8 Å². The van der Waals surface area contributed by atoms with Crippen molar-refractivity contribution in [3.63, 3.8) is 0 Å². The zero-order valence-electron chi connectivity index (χ0n) is 19.5. The van der Waals surface area contributed by atoms with Crippen LogP contribution in [-0.2, 0) is 4.57 Å². The highest BCUT2D eigenvalue weighted by molar-refractivity contribution is 7.57. The quantitative estimate of drug-likeness (QED) is 0.415. The van der Waals surface area contributed by atoms with E-state index in [1.807, 2.05) is 32.9 Å². The third kappa shape index (κ3) is 5.96. The Hall–Kier alpha value is -2.24. The molecule has 3 N–H and O–H groups in total. The molecule has 0 amide bonds. The van der Waals surface area contributed by atoms with Crippen LogP contribution in [0.25, 0.3) is 0 Å². The molecule has 1 saturated carbocycles. The topological polar surface area (TPSA) is 111 Å². The van der Waals surface area contributed by atoms with Crippen molar-refractivity contribution in [1.29, 1.82) is 0 Å². The summed E-state index contributed by atoms with van der Waals surface area (Å²) in [5.74, 6) is 1.54. The van der Waals surface area contributed by atoms with E-state index in [4.69, 9.17) is 15.5 Å². The van der Waals surface area contributed by atoms with Gasteiger partial charge in [0.2, 0.25) is 13.2 Å². The number of fused-ring (bicyclic) bond motifs is 1. The van der Waals surface area contributed by atoms with Gasteiger partial charge in [-0.05, 0) is 63.9 Å². The minimum Gasteiger partial charge on any atom is -0.463 e. The number of hydrogen-bond donors (Lipinski definition) is 2. The first-order chi connectivity index (χ1) is 15.1. The van der Waals surface area contributed by atoms with E-state index in [1.54, 1.807) is 6.92 Å². The first kappa shape index (κ1) is 24.4. The van der Waals surface area contributed by atoms with Crippen LogP contribution in [-0.4, -0.2) is 38.5 Å². The molecule has 32 heavy (non-hydrogen) atoms. The predicted octanol–water partition coefficient (Wildman–Crippen LogP) is 5.46. The number of nitrogens with two attached hydrogens (primary N) is 1. The van der Waals surface area contributed by atoms with Gasteiger partial charge in [0.15, 0.2) is 11.5 Å². The lowest BCUT2D eigenvalue weighted by molar-refractivity contribution is 0.171. The first-order valence-corrected chi connectivity index (χ1v) is 13.4. The number of anilines is 1. The van der Waals surface area contributed by atoms with Crippen LogP contribution in [0.4, 0.5) is 11.5 Å². The fourth-order valence-electron chi connectivity index (χ4n) is 4.31. The molecule has 174 valence electrons. The van der Waals surface area contributed by atoms with Gasteiger partial charge in [-0.3, -0.25) is 4.57 Å². The first-order valence-electron chi connectivity index (χ1n) is 11.4. The standard InChI is InChI=1S/C24H35N4O3P/c1-5-8-19(21-24(3,4)31-23-20(28-21)22(25)26-16-27-23)10-7-9-17-11-13-18(14-12-17)15-32(29,30)6-2/h5,7-10,16-18H,6,11-15H2,1-4H3,(H,29,30)(H2,25,26,27)/b8-5-,9-7+,19-10+/t17-,18-. The molecule has 0 radical (unpaired) electrons. The fourth-order valence-corrected chi connectivity index (χ4v) is 5.74. The van der Waals surface area contributed by atoms with Gasteiger partial charge in [-0.1, -0.05) is 37.3 Å². The summed E-state index contributed by atoms with van der Waals surface area (Å²) in [6.45, 7) is 7.70. The fraction of sp³-hybridized carbons (Fsp3) is 0.542. The van der Waals surface area contributed by atoms with Crippen LogP contribution in [0.2, 0.25) is 0 Å². The van der Waals surface area contributed by atoms with E-state index in [9.17, 15) is 9.46 Å². The predicted molar refractivity (Wildman–Crippen MR) is 131 cm³/mol. The van der Waals surface area contributed by atoms with Gasteiger partial charge in [-0.25, -0.2) is 9.98 Å². The Morgan fingerprint density at radius 1 is 1.31 bits per heavy atom. The number of rotatable bonds is 7. The number of ether oxygens (including phenoxy) is 1. The van der Waals surface area contributed by atoms with Crippen molar-refractivity contribution >= 4 is 24.6 Å². The van der Waals surface area contributed by atoms with Crippen molar-refractivity contribution in [3.8, 4) is 5.88 Å². The van der Waals surface area contributed by atoms with Crippen molar-refractivity contribution in [2.24, 2.45) is 16.8 Å². The summed E-state index contributed by atoms with van der Waals surface area (Å²) in [7, 11) is -2.94. The Bertz CT molecular complexity index is 989. The van der Waals surface area contributed by atoms with Crippen LogP contribution in [0.5, 0.6) is 5.88 Å². The highest BCUT2D eigenvalue weighted by atomic mass is 31.2. The number of hydrogen-bond acceptors (Lipinski definition) is 6. The summed E-state index contributed by atoms with van der Waals surface area (Å²) >= 11 is 0. The van der Waals surface area contributed by atoms with Gasteiger partial charge >= 0.3 is 0 Å². The van der Waals surface area contributed by atoms with Gasteiger partial charge in [-0.15, -0.1) is 0 Å². The van der Waals surface area contributed by atoms with Crippen molar-refractivity contribution in [1.82, 2.24) is 9.97 Å². The second-order valence-corrected chi connectivity index (χ2v) is 11.8. The SMILES string of the molecule is C\C=C/C(=C\C=C\[C@H]1CC[C@H](CP(=O)(O)CC)CC1)C1=Nc2c(N)ncnc2OC1(C)C. The highest BCUT2D eigenvalue weighted by Gasteiger charge is 2.35. The van der Waals surface area contributed by atoms with E-state index < -0.39 is 13.0 Å². The molecule has 0 aromatic carbocycles. The molecule has 1 atom stereocenters. The van der Waals surface area contributed by atoms with E-state index in [1.165, 1.54) is 6.33 Å². The normalized spacial score (nSPS) is 25.3. The van der Waals surface area contributed by atoms with Crippen LogP contribution in [0.15, 0.2) is 47.3 Å². The Morgan fingerprint density at radius 3 is 2.69 bits per heavy atom. The summed E-state index contributed by atoms with van der Waals surface area (Å²) in [4.78, 5) is 22.9. The number of allylic oxidation sites excluding steroid dienone is 5. The summed E-state index contributed by atoms with van der Waals surface area (Å²) in [6.07, 6.45) is 16.7. The van der Waals surface area contributed by atoms with E-state index >= 15 is 0 Å². The van der Waals surface area contributed by atoms with Gasteiger partial charge < -0.3 is 15.4 Å². The Labute approximate surface area is 191 Å². The highest BCUT2D eigenvalue weighted by Crippen LogP contribution is 2.45. The lowest BCUT2D eigenvalue weighted by atomic mass is 9.82. The molecule has 1 aliphatic carbocycles. The van der Waals surface area contributed by atoms with Crippen molar-refractivity contribution in [3.05, 3.63) is 42.3 Å². The molecule has 0 bridgehead atoms. The van der Waals surface area contributed by atoms with E-state index in [0.717, 1.165) is 37.0 Å². The van der Waals surface area contributed by atoms with Crippen molar-refractivity contribution in [2.75, 3.05) is 18.1 Å². The van der Waals surface area contributed by atoms with Gasteiger partial charge in [0.1, 0.15) is 11.9 Å². The van der Waals surface area contributed by atoms with Crippen LogP contribution in [0.1, 0.15) is 53.4 Å². The largest absolute Gasteiger partial charge is 0.463 e. The van der Waals surface area contributed by atoms with Gasteiger partial charge in [0, 0.05) is 12.3 Å². The number of aliphatic imine (C=N–C) groups is 1. The molecule has 1 aliphatic heterocycles. The molecule has 3 rings (SSSR count). The second kappa shape index (κ2) is 10.1. The molecule has 1 fully saturated rings. The lowest BCUT2D eigenvalue weighted by Crippen LogP contribution is -2.41. The lowest BCUT2D eigenvalue weighted by Gasteiger charge is -2.32. The molecule has 2 aliphatic rings. The molecule has 7 nitrogen and oxygen atoms in total. The molecule has 1 aromatic rings. The Morgan fingerprint density at radius 2 is 2.03 bits per heavy atom. The van der Waals surface area contributed by atoms with Gasteiger partial charge in [0.05, 0.1) is 5.71 Å². The average molecular weight is 459 g/mol. The van der Waals surface area contributed by atoms with E-state index in [0.29, 0.717) is 41.5 Å². The van der Waals surface area contributed by atoms with E-state index in [-0.39, 0.29) is 0 Å². The number of nitrogens with zero attached hydrogens (tertiary/aromatic N) is 3. The third-order valence-corrected chi connectivity index (χ3v) is 8.25. The van der Waals surface area contributed by atoms with Gasteiger partial charge in [-0.2, -0.15) is 4.98 Å². The maximum Gasteiger partial charge on any atom is 0.246 e. The maximum absolute atomic E-state index is 12.0. The molecule has 2 heterocycles. The maximum atomic E-state index is 12.0. The van der Waals surface area contributed by atoms with Crippen LogP contribution in [0.3, 0.4) is 0 Å². The smallest absolute Gasteiger partial charge is 0.246 e. The number of aromatic nitrogens is 2. The zero-order valence-corrected chi connectivity index (χ0v) is 20.4. The summed E-state index contributed by atoms with van der Waals surface area (Å²) in [6, 6.07) is 0. The molecular formula is C24H35N4O3P. The minimum absolute atomic E-state index is 0.297. The molecule has 1 aromatic heterocycles. The van der Waals surface area contributed by atoms with Gasteiger partial charge in [0.25, 0.3) is 0 Å². The van der Waals surface area contributed by atoms with Crippen LogP contribution < -0.4 is 10.5 Å². The Kier molecular flexibility index (Phi) is 7.73.